The molecule has 1 heterocycles. The van der Waals surface area contributed by atoms with Crippen molar-refractivity contribution in [3.8, 4) is 0 Å². The molecule has 1 aromatic heterocycles. The van der Waals surface area contributed by atoms with Crippen LogP contribution in [-0.2, 0) is 0 Å². The summed E-state index contributed by atoms with van der Waals surface area (Å²) in [7, 11) is 2.06. The Morgan fingerprint density at radius 2 is 1.92 bits per heavy atom. The Bertz CT molecular complexity index is 626. The standard InChI is InChI=1S/C19H26N4O/c1-15(2)22-18-11-10-16(14-21-18)19(24)20-12-7-13-23(3)17-8-5-4-6-9-17/h4-6,8-11,14-15H,7,12-13H2,1-3H3,(H,20,24)(H,21,22). The Morgan fingerprint density at radius 3 is 2.54 bits per heavy atom. The molecule has 5 heteroatoms. The Morgan fingerprint density at radius 1 is 1.17 bits per heavy atom. The fourth-order valence-corrected chi connectivity index (χ4v) is 2.34. The van der Waals surface area contributed by atoms with Gasteiger partial charge in [-0.15, -0.1) is 0 Å². The topological polar surface area (TPSA) is 57.3 Å². The molecule has 1 amide bonds. The van der Waals surface area contributed by atoms with Crippen LogP contribution in [0.3, 0.4) is 0 Å². The molecule has 1 aromatic carbocycles. The molecular formula is C19H26N4O. The normalized spacial score (nSPS) is 10.5. The average Bonchev–Trinajstić information content (AvgIpc) is 2.59. The minimum Gasteiger partial charge on any atom is -0.375 e. The number of nitrogens with zero attached hydrogens (tertiary/aromatic N) is 2. The highest BCUT2D eigenvalue weighted by Crippen LogP contribution is 2.11. The van der Waals surface area contributed by atoms with Crippen molar-refractivity contribution in [2.75, 3.05) is 30.4 Å². The molecule has 24 heavy (non-hydrogen) atoms. The van der Waals surface area contributed by atoms with Gasteiger partial charge in [0.1, 0.15) is 5.82 Å². The summed E-state index contributed by atoms with van der Waals surface area (Å²) in [5, 5.41) is 6.14. The lowest BCUT2D eigenvalue weighted by atomic mass is 10.2. The van der Waals surface area contributed by atoms with E-state index in [1.165, 1.54) is 5.69 Å². The van der Waals surface area contributed by atoms with Gasteiger partial charge < -0.3 is 15.5 Å². The van der Waals surface area contributed by atoms with Gasteiger partial charge in [0.05, 0.1) is 5.56 Å². The second kappa shape index (κ2) is 8.91. The first-order valence-corrected chi connectivity index (χ1v) is 8.33. The Balaban J connectivity index is 1.73. The van der Waals surface area contributed by atoms with Gasteiger partial charge in [-0.3, -0.25) is 4.79 Å². The van der Waals surface area contributed by atoms with Crippen molar-refractivity contribution in [3.05, 3.63) is 54.2 Å². The zero-order valence-corrected chi connectivity index (χ0v) is 14.6. The third kappa shape index (κ3) is 5.57. The van der Waals surface area contributed by atoms with E-state index >= 15 is 0 Å². The molecule has 0 atom stereocenters. The van der Waals surface area contributed by atoms with E-state index in [-0.39, 0.29) is 5.91 Å². The van der Waals surface area contributed by atoms with Crippen molar-refractivity contribution in [2.24, 2.45) is 0 Å². The highest BCUT2D eigenvalue weighted by molar-refractivity contribution is 5.94. The van der Waals surface area contributed by atoms with E-state index in [4.69, 9.17) is 0 Å². The van der Waals surface area contributed by atoms with E-state index < -0.39 is 0 Å². The Labute approximate surface area is 144 Å². The van der Waals surface area contributed by atoms with Crippen LogP contribution in [0.25, 0.3) is 0 Å². The van der Waals surface area contributed by atoms with Gasteiger partial charge in [-0.1, -0.05) is 18.2 Å². The Hall–Kier alpha value is -2.56. The molecule has 128 valence electrons. The number of hydrogen-bond acceptors (Lipinski definition) is 4. The van der Waals surface area contributed by atoms with Crippen molar-refractivity contribution < 1.29 is 4.79 Å². The second-order valence-corrected chi connectivity index (χ2v) is 6.10. The van der Waals surface area contributed by atoms with Crippen molar-refractivity contribution in [1.82, 2.24) is 10.3 Å². The third-order valence-corrected chi connectivity index (χ3v) is 3.62. The average molecular weight is 326 g/mol. The van der Waals surface area contributed by atoms with Gasteiger partial charge in [0, 0.05) is 38.1 Å². The molecule has 5 nitrogen and oxygen atoms in total. The molecule has 0 aliphatic heterocycles. The van der Waals surface area contributed by atoms with Crippen LogP contribution < -0.4 is 15.5 Å². The maximum Gasteiger partial charge on any atom is 0.252 e. The van der Waals surface area contributed by atoms with Crippen molar-refractivity contribution in [1.29, 1.82) is 0 Å². The molecule has 0 aliphatic carbocycles. The van der Waals surface area contributed by atoms with Crippen LogP contribution in [0.4, 0.5) is 11.5 Å². The molecule has 2 rings (SSSR count). The highest BCUT2D eigenvalue weighted by atomic mass is 16.1. The zero-order valence-electron chi connectivity index (χ0n) is 14.6. The van der Waals surface area contributed by atoms with E-state index in [0.29, 0.717) is 18.2 Å². The summed E-state index contributed by atoms with van der Waals surface area (Å²) in [4.78, 5) is 18.5. The van der Waals surface area contributed by atoms with Crippen molar-refractivity contribution >= 4 is 17.4 Å². The van der Waals surface area contributed by atoms with E-state index in [0.717, 1.165) is 18.8 Å². The van der Waals surface area contributed by atoms with E-state index in [2.05, 4.69) is 53.5 Å². The van der Waals surface area contributed by atoms with E-state index in [9.17, 15) is 4.79 Å². The number of pyridine rings is 1. The lowest BCUT2D eigenvalue weighted by Crippen LogP contribution is -2.28. The molecule has 2 N–H and O–H groups in total. The summed E-state index contributed by atoms with van der Waals surface area (Å²) >= 11 is 0. The van der Waals surface area contributed by atoms with Crippen LogP contribution >= 0.6 is 0 Å². The molecule has 2 aromatic rings. The summed E-state index contributed by atoms with van der Waals surface area (Å²) in [6, 6.07) is 14.2. The summed E-state index contributed by atoms with van der Waals surface area (Å²) in [5.74, 6) is 0.701. The second-order valence-electron chi connectivity index (χ2n) is 6.10. The summed E-state index contributed by atoms with van der Waals surface area (Å²) < 4.78 is 0. The summed E-state index contributed by atoms with van der Waals surface area (Å²) in [6.07, 6.45) is 2.49. The van der Waals surface area contributed by atoms with Crippen molar-refractivity contribution in [2.45, 2.75) is 26.3 Å². The fraction of sp³-hybridized carbons (Fsp3) is 0.368. The third-order valence-electron chi connectivity index (χ3n) is 3.62. The molecular weight excluding hydrogens is 300 g/mol. The number of amides is 1. The maximum atomic E-state index is 12.1. The number of para-hydroxylation sites is 1. The SMILES string of the molecule is CC(C)Nc1ccc(C(=O)NCCCN(C)c2ccccc2)cn1. The monoisotopic (exact) mass is 326 g/mol. The minimum absolute atomic E-state index is 0.0824. The smallest absolute Gasteiger partial charge is 0.252 e. The molecule has 0 radical (unpaired) electrons. The molecule has 0 spiro atoms. The van der Waals surface area contributed by atoms with Gasteiger partial charge in [0.25, 0.3) is 5.91 Å². The molecule has 0 aliphatic rings. The van der Waals surface area contributed by atoms with Crippen LogP contribution in [0.1, 0.15) is 30.6 Å². The number of carbonyl (C=O) groups excluding carboxylic acids is 1. The first kappa shape index (κ1) is 17.8. The number of anilines is 2. The number of benzene rings is 1. The quantitative estimate of drug-likeness (QED) is 0.732. The zero-order chi connectivity index (χ0) is 17.4. The molecule has 0 unspecified atom stereocenters. The number of rotatable bonds is 8. The largest absolute Gasteiger partial charge is 0.375 e. The van der Waals surface area contributed by atoms with Gasteiger partial charge in [0.2, 0.25) is 0 Å². The number of aromatic nitrogens is 1. The molecule has 0 saturated carbocycles. The van der Waals surface area contributed by atoms with Gasteiger partial charge in [-0.05, 0) is 44.5 Å². The van der Waals surface area contributed by atoms with Gasteiger partial charge in [-0.25, -0.2) is 4.98 Å². The van der Waals surface area contributed by atoms with Crippen LogP contribution in [0.2, 0.25) is 0 Å². The lowest BCUT2D eigenvalue weighted by Gasteiger charge is -2.19. The number of hydrogen-bond donors (Lipinski definition) is 2. The predicted molar refractivity (Wildman–Crippen MR) is 99.7 cm³/mol. The van der Waals surface area contributed by atoms with E-state index in [1.807, 2.05) is 24.3 Å². The van der Waals surface area contributed by atoms with Gasteiger partial charge in [0.15, 0.2) is 0 Å². The minimum atomic E-state index is -0.0824. The number of nitrogens with one attached hydrogen (secondary N) is 2. The first-order chi connectivity index (χ1) is 11.6. The number of carbonyl (C=O) groups is 1. The maximum absolute atomic E-state index is 12.1. The van der Waals surface area contributed by atoms with Crippen LogP contribution in [-0.4, -0.2) is 37.1 Å². The van der Waals surface area contributed by atoms with Gasteiger partial charge >= 0.3 is 0 Å². The van der Waals surface area contributed by atoms with Crippen LogP contribution in [0, 0.1) is 0 Å². The predicted octanol–water partition coefficient (Wildman–Crippen LogP) is 3.16. The van der Waals surface area contributed by atoms with E-state index in [1.54, 1.807) is 12.3 Å². The summed E-state index contributed by atoms with van der Waals surface area (Å²) in [6.45, 7) is 5.63. The summed E-state index contributed by atoms with van der Waals surface area (Å²) in [5.41, 5.74) is 1.77. The lowest BCUT2D eigenvalue weighted by molar-refractivity contribution is 0.0953. The first-order valence-electron chi connectivity index (χ1n) is 8.33. The fourth-order valence-electron chi connectivity index (χ4n) is 2.34. The van der Waals surface area contributed by atoms with Gasteiger partial charge in [-0.2, -0.15) is 0 Å². The van der Waals surface area contributed by atoms with Crippen LogP contribution in [0.15, 0.2) is 48.7 Å². The molecule has 0 bridgehead atoms. The molecule has 0 fully saturated rings. The Kier molecular flexibility index (Phi) is 6.61. The highest BCUT2D eigenvalue weighted by Gasteiger charge is 2.06. The van der Waals surface area contributed by atoms with Crippen molar-refractivity contribution in [3.63, 3.8) is 0 Å². The molecule has 0 saturated heterocycles. The van der Waals surface area contributed by atoms with Crippen LogP contribution in [0.5, 0.6) is 0 Å².